The predicted molar refractivity (Wildman–Crippen MR) is 109 cm³/mol. The first kappa shape index (κ1) is 17.8. The highest BCUT2D eigenvalue weighted by Gasteiger charge is 2.12. The van der Waals surface area contributed by atoms with E-state index >= 15 is 0 Å². The highest BCUT2D eigenvalue weighted by atomic mass is 79.9. The third kappa shape index (κ3) is 3.89. The van der Waals surface area contributed by atoms with Gasteiger partial charge in [-0.3, -0.25) is 0 Å². The smallest absolute Gasteiger partial charge is 0.254 e. The zero-order valence-corrected chi connectivity index (χ0v) is 16.7. The summed E-state index contributed by atoms with van der Waals surface area (Å²) in [5.41, 5.74) is 1.79. The van der Waals surface area contributed by atoms with Crippen molar-refractivity contribution in [2.75, 3.05) is 5.32 Å². The van der Waals surface area contributed by atoms with E-state index in [-0.39, 0.29) is 0 Å². The second kappa shape index (κ2) is 7.54. The highest BCUT2D eigenvalue weighted by molar-refractivity contribution is 9.10. The van der Waals surface area contributed by atoms with Gasteiger partial charge in [0.1, 0.15) is 22.8 Å². The molecule has 27 heavy (non-hydrogen) atoms. The molecule has 0 spiro atoms. The predicted octanol–water partition coefficient (Wildman–Crippen LogP) is 5.25. The van der Waals surface area contributed by atoms with Crippen LogP contribution in [0.3, 0.4) is 0 Å². The van der Waals surface area contributed by atoms with Crippen LogP contribution in [-0.4, -0.2) is 19.6 Å². The maximum atomic E-state index is 6.38. The van der Waals surface area contributed by atoms with Crippen molar-refractivity contribution in [3.05, 3.63) is 75.6 Å². The Kier molecular flexibility index (Phi) is 4.96. The lowest BCUT2D eigenvalue weighted by molar-refractivity contribution is 0.482. The number of hydrogen-bond donors (Lipinski definition) is 1. The standard InChI is InChI=1S/C19H15BrClN5O/c1-12-17(21)18(26-19(25-12)23-11-24-26)22-10-13-2-6-15(7-3-13)27-16-8-4-14(20)5-9-16/h2-9,11,22H,10H2,1H3. The van der Waals surface area contributed by atoms with Crippen LogP contribution < -0.4 is 10.1 Å². The Balaban J connectivity index is 1.47. The quantitative estimate of drug-likeness (QED) is 0.455. The van der Waals surface area contributed by atoms with Crippen molar-refractivity contribution in [3.8, 4) is 11.5 Å². The Morgan fingerprint density at radius 1 is 1.07 bits per heavy atom. The third-order valence-electron chi connectivity index (χ3n) is 3.97. The monoisotopic (exact) mass is 443 g/mol. The van der Waals surface area contributed by atoms with Crippen LogP contribution in [0, 0.1) is 6.92 Å². The first-order chi connectivity index (χ1) is 13.1. The molecule has 0 atom stereocenters. The zero-order valence-electron chi connectivity index (χ0n) is 14.4. The summed E-state index contributed by atoms with van der Waals surface area (Å²) in [5.74, 6) is 2.75. The molecule has 0 saturated heterocycles. The molecule has 0 bridgehead atoms. The molecule has 4 rings (SSSR count). The van der Waals surface area contributed by atoms with E-state index in [1.165, 1.54) is 6.33 Å². The van der Waals surface area contributed by atoms with Gasteiger partial charge in [0.2, 0.25) is 0 Å². The summed E-state index contributed by atoms with van der Waals surface area (Å²) in [4.78, 5) is 8.42. The lowest BCUT2D eigenvalue weighted by Gasteiger charge is -2.12. The fourth-order valence-corrected chi connectivity index (χ4v) is 3.04. The maximum Gasteiger partial charge on any atom is 0.254 e. The van der Waals surface area contributed by atoms with Gasteiger partial charge in [-0.2, -0.15) is 14.6 Å². The molecule has 0 aliphatic heterocycles. The number of nitrogens with zero attached hydrogens (tertiary/aromatic N) is 4. The van der Waals surface area contributed by atoms with Gasteiger partial charge in [0.15, 0.2) is 5.82 Å². The highest BCUT2D eigenvalue weighted by Crippen LogP contribution is 2.26. The summed E-state index contributed by atoms with van der Waals surface area (Å²) in [5, 5.41) is 8.02. The van der Waals surface area contributed by atoms with Gasteiger partial charge >= 0.3 is 0 Å². The van der Waals surface area contributed by atoms with Gasteiger partial charge in [0, 0.05) is 11.0 Å². The normalized spacial score (nSPS) is 10.9. The number of aryl methyl sites for hydroxylation is 1. The molecule has 2 aromatic carbocycles. The fraction of sp³-hybridized carbons (Fsp3) is 0.105. The number of halogens is 2. The molecular weight excluding hydrogens is 430 g/mol. The summed E-state index contributed by atoms with van der Waals surface area (Å²) in [6.45, 7) is 2.42. The molecule has 2 aromatic heterocycles. The van der Waals surface area contributed by atoms with E-state index in [1.54, 1.807) is 4.52 Å². The number of nitrogens with one attached hydrogen (secondary N) is 1. The van der Waals surface area contributed by atoms with Crippen LogP contribution in [0.5, 0.6) is 11.5 Å². The SMILES string of the molecule is Cc1nc2ncnn2c(NCc2ccc(Oc3ccc(Br)cc3)cc2)c1Cl. The Bertz CT molecular complexity index is 1080. The number of ether oxygens (including phenoxy) is 1. The average molecular weight is 445 g/mol. The molecule has 6 nitrogen and oxygen atoms in total. The van der Waals surface area contributed by atoms with Gasteiger partial charge in [0.25, 0.3) is 5.78 Å². The van der Waals surface area contributed by atoms with Crippen molar-refractivity contribution in [1.82, 2.24) is 19.6 Å². The van der Waals surface area contributed by atoms with Crippen molar-refractivity contribution in [1.29, 1.82) is 0 Å². The lowest BCUT2D eigenvalue weighted by atomic mass is 10.2. The van der Waals surface area contributed by atoms with Crippen molar-refractivity contribution < 1.29 is 4.74 Å². The van der Waals surface area contributed by atoms with Crippen LogP contribution in [-0.2, 0) is 6.54 Å². The zero-order chi connectivity index (χ0) is 18.8. The van der Waals surface area contributed by atoms with E-state index in [1.807, 2.05) is 55.5 Å². The third-order valence-corrected chi connectivity index (χ3v) is 4.95. The molecule has 8 heteroatoms. The minimum Gasteiger partial charge on any atom is -0.457 e. The summed E-state index contributed by atoms with van der Waals surface area (Å²) >= 11 is 9.80. The number of rotatable bonds is 5. The van der Waals surface area contributed by atoms with E-state index in [9.17, 15) is 0 Å². The number of anilines is 1. The summed E-state index contributed by atoms with van der Waals surface area (Å²) < 4.78 is 8.45. The first-order valence-electron chi connectivity index (χ1n) is 8.22. The maximum absolute atomic E-state index is 6.38. The Morgan fingerprint density at radius 2 is 1.74 bits per heavy atom. The molecule has 0 radical (unpaired) electrons. The van der Waals surface area contributed by atoms with Crippen molar-refractivity contribution >= 4 is 39.1 Å². The van der Waals surface area contributed by atoms with E-state index in [0.29, 0.717) is 28.9 Å². The lowest BCUT2D eigenvalue weighted by Crippen LogP contribution is -2.08. The molecule has 0 aliphatic rings. The van der Waals surface area contributed by atoms with E-state index in [2.05, 4.69) is 36.3 Å². The van der Waals surface area contributed by atoms with Gasteiger partial charge in [-0.15, -0.1) is 0 Å². The van der Waals surface area contributed by atoms with Crippen LogP contribution in [0.1, 0.15) is 11.3 Å². The molecule has 0 unspecified atom stereocenters. The summed E-state index contributed by atoms with van der Waals surface area (Å²) in [6, 6.07) is 15.6. The van der Waals surface area contributed by atoms with Gasteiger partial charge in [-0.1, -0.05) is 39.7 Å². The van der Waals surface area contributed by atoms with Crippen LogP contribution in [0.2, 0.25) is 5.02 Å². The Hall–Kier alpha value is -2.64. The van der Waals surface area contributed by atoms with E-state index < -0.39 is 0 Å². The second-order valence-corrected chi connectivity index (χ2v) is 7.18. The van der Waals surface area contributed by atoms with Gasteiger partial charge in [-0.05, 0) is 48.9 Å². The van der Waals surface area contributed by atoms with Crippen LogP contribution in [0.15, 0.2) is 59.3 Å². The fourth-order valence-electron chi connectivity index (χ4n) is 2.59. The minimum absolute atomic E-state index is 0.512. The largest absolute Gasteiger partial charge is 0.457 e. The van der Waals surface area contributed by atoms with Crippen molar-refractivity contribution in [2.45, 2.75) is 13.5 Å². The van der Waals surface area contributed by atoms with Gasteiger partial charge in [0.05, 0.1) is 5.69 Å². The molecule has 1 N–H and O–H groups in total. The molecule has 4 aromatic rings. The molecule has 0 aliphatic carbocycles. The number of fused-ring (bicyclic) bond motifs is 1. The van der Waals surface area contributed by atoms with Gasteiger partial charge < -0.3 is 10.1 Å². The average Bonchev–Trinajstić information content (AvgIpc) is 3.13. The summed E-state index contributed by atoms with van der Waals surface area (Å²) in [6.07, 6.45) is 1.46. The molecule has 0 fully saturated rings. The number of hydrogen-bond acceptors (Lipinski definition) is 5. The van der Waals surface area contributed by atoms with Crippen LogP contribution in [0.4, 0.5) is 5.82 Å². The van der Waals surface area contributed by atoms with E-state index in [4.69, 9.17) is 16.3 Å². The molecule has 0 saturated carbocycles. The second-order valence-electron chi connectivity index (χ2n) is 5.89. The number of benzene rings is 2. The topological polar surface area (TPSA) is 64.3 Å². The van der Waals surface area contributed by atoms with Crippen molar-refractivity contribution in [3.63, 3.8) is 0 Å². The van der Waals surface area contributed by atoms with Gasteiger partial charge in [-0.25, -0.2) is 4.98 Å². The molecule has 2 heterocycles. The Labute approximate surface area is 169 Å². The molecule has 136 valence electrons. The molecular formula is C19H15BrClN5O. The van der Waals surface area contributed by atoms with Crippen LogP contribution >= 0.6 is 27.5 Å². The minimum atomic E-state index is 0.512. The molecule has 0 amide bonds. The van der Waals surface area contributed by atoms with Crippen molar-refractivity contribution in [2.24, 2.45) is 0 Å². The number of aromatic nitrogens is 4. The summed E-state index contributed by atoms with van der Waals surface area (Å²) in [7, 11) is 0. The van der Waals surface area contributed by atoms with Crippen LogP contribution in [0.25, 0.3) is 5.78 Å². The first-order valence-corrected chi connectivity index (χ1v) is 9.39. The Morgan fingerprint density at radius 3 is 2.44 bits per heavy atom. The van der Waals surface area contributed by atoms with E-state index in [0.717, 1.165) is 21.5 Å².